The maximum atomic E-state index is 12.3. The molecular weight excluding hydrogens is 376 g/mol. The molecule has 0 spiro atoms. The molecule has 0 radical (unpaired) electrons. The Bertz CT molecular complexity index is 881. The molecule has 0 aliphatic rings. The van der Waals surface area contributed by atoms with Gasteiger partial charge in [-0.1, -0.05) is 37.6 Å². The van der Waals surface area contributed by atoms with E-state index in [1.807, 2.05) is 38.1 Å². The van der Waals surface area contributed by atoms with Crippen molar-refractivity contribution in [3.63, 3.8) is 0 Å². The zero-order valence-corrected chi connectivity index (χ0v) is 17.2. The average molecular weight is 405 g/mol. The van der Waals surface area contributed by atoms with Gasteiger partial charge in [0.15, 0.2) is 0 Å². The largest absolute Gasteiger partial charge is 0.494 e. The monoisotopic (exact) mass is 404 g/mol. The van der Waals surface area contributed by atoms with Crippen molar-refractivity contribution in [2.24, 2.45) is 0 Å². The van der Waals surface area contributed by atoms with Gasteiger partial charge in [0.05, 0.1) is 11.5 Å². The molecule has 0 atom stereocenters. The van der Waals surface area contributed by atoms with Crippen LogP contribution in [0.5, 0.6) is 5.75 Å². The van der Waals surface area contributed by atoms with Gasteiger partial charge in [-0.2, -0.15) is 0 Å². The van der Waals surface area contributed by atoms with Gasteiger partial charge >= 0.3 is 0 Å². The van der Waals surface area contributed by atoms with Crippen molar-refractivity contribution in [2.75, 3.05) is 18.5 Å². The van der Waals surface area contributed by atoms with Gasteiger partial charge in [-0.05, 0) is 49.6 Å². The highest BCUT2D eigenvalue weighted by molar-refractivity contribution is 7.89. The minimum atomic E-state index is -3.58. The number of sulfonamides is 1. The number of para-hydroxylation sites is 1. The summed E-state index contributed by atoms with van der Waals surface area (Å²) in [7, 11) is -3.58. The number of aryl methyl sites for hydroxylation is 1. The predicted molar refractivity (Wildman–Crippen MR) is 111 cm³/mol. The molecule has 2 aromatic rings. The SMILES string of the molecule is CCCCNS(=O)(=O)c1cccc(NC(=O)CCc2ccccc2OCC)c1. The van der Waals surface area contributed by atoms with Crippen LogP contribution in [0.4, 0.5) is 5.69 Å². The Kier molecular flexibility index (Phi) is 8.47. The Morgan fingerprint density at radius 1 is 1.07 bits per heavy atom. The fraction of sp³-hybridized carbons (Fsp3) is 0.381. The van der Waals surface area contributed by atoms with E-state index in [1.54, 1.807) is 12.1 Å². The molecule has 28 heavy (non-hydrogen) atoms. The van der Waals surface area contributed by atoms with Crippen molar-refractivity contribution in [2.45, 2.75) is 44.4 Å². The molecule has 2 N–H and O–H groups in total. The van der Waals surface area contributed by atoms with Crippen LogP contribution in [-0.2, 0) is 21.2 Å². The van der Waals surface area contributed by atoms with Gasteiger partial charge in [-0.25, -0.2) is 13.1 Å². The Labute approximate surface area is 167 Å². The van der Waals surface area contributed by atoms with E-state index in [4.69, 9.17) is 4.74 Å². The molecule has 0 aliphatic carbocycles. The molecule has 2 aromatic carbocycles. The molecule has 1 amide bonds. The summed E-state index contributed by atoms with van der Waals surface area (Å²) in [6, 6.07) is 13.9. The van der Waals surface area contributed by atoms with E-state index in [0.29, 0.717) is 25.3 Å². The number of hydrogen-bond donors (Lipinski definition) is 2. The number of nitrogens with one attached hydrogen (secondary N) is 2. The van der Waals surface area contributed by atoms with Crippen LogP contribution < -0.4 is 14.8 Å². The molecule has 7 heteroatoms. The molecule has 152 valence electrons. The normalized spacial score (nSPS) is 11.2. The van der Waals surface area contributed by atoms with Crippen LogP contribution in [-0.4, -0.2) is 27.5 Å². The van der Waals surface area contributed by atoms with Gasteiger partial charge in [0, 0.05) is 18.7 Å². The number of benzene rings is 2. The van der Waals surface area contributed by atoms with E-state index in [1.165, 1.54) is 12.1 Å². The fourth-order valence-electron chi connectivity index (χ4n) is 2.69. The van der Waals surface area contributed by atoms with E-state index < -0.39 is 10.0 Å². The Balaban J connectivity index is 1.97. The van der Waals surface area contributed by atoms with Gasteiger partial charge in [0.25, 0.3) is 0 Å². The molecule has 0 bridgehead atoms. The van der Waals surface area contributed by atoms with Crippen LogP contribution in [0.2, 0.25) is 0 Å². The molecule has 0 aliphatic heterocycles. The first kappa shape index (κ1) is 21.9. The molecule has 0 saturated heterocycles. The summed E-state index contributed by atoms with van der Waals surface area (Å²) in [5, 5.41) is 2.77. The van der Waals surface area contributed by atoms with Gasteiger partial charge < -0.3 is 10.1 Å². The number of anilines is 1. The second-order valence-corrected chi connectivity index (χ2v) is 8.14. The number of carbonyl (C=O) groups excluding carboxylic acids is 1. The van der Waals surface area contributed by atoms with Gasteiger partial charge in [-0.15, -0.1) is 0 Å². The average Bonchev–Trinajstić information content (AvgIpc) is 2.68. The fourth-order valence-corrected chi connectivity index (χ4v) is 3.81. The van der Waals surface area contributed by atoms with Crippen LogP contribution in [0.1, 0.15) is 38.7 Å². The molecule has 6 nitrogen and oxygen atoms in total. The zero-order chi connectivity index (χ0) is 20.4. The third-order valence-electron chi connectivity index (χ3n) is 4.14. The van der Waals surface area contributed by atoms with Crippen molar-refractivity contribution in [3.8, 4) is 5.75 Å². The standard InChI is InChI=1S/C21H28N2O4S/c1-3-5-15-22-28(25,26)19-11-8-10-18(16-19)23-21(24)14-13-17-9-6-7-12-20(17)27-4-2/h6-12,16,22H,3-5,13-15H2,1-2H3,(H,23,24). The number of unbranched alkanes of at least 4 members (excludes halogenated alkanes) is 1. The van der Waals surface area contributed by atoms with Crippen molar-refractivity contribution < 1.29 is 17.9 Å². The summed E-state index contributed by atoms with van der Waals surface area (Å²) in [4.78, 5) is 12.5. The number of carbonyl (C=O) groups is 1. The van der Waals surface area contributed by atoms with Gasteiger partial charge in [0.1, 0.15) is 5.75 Å². The highest BCUT2D eigenvalue weighted by atomic mass is 32.2. The summed E-state index contributed by atoms with van der Waals surface area (Å²) < 4.78 is 32.8. The quantitative estimate of drug-likeness (QED) is 0.559. The number of rotatable bonds is 11. The lowest BCUT2D eigenvalue weighted by atomic mass is 10.1. The van der Waals surface area contributed by atoms with Crippen molar-refractivity contribution in [3.05, 3.63) is 54.1 Å². The van der Waals surface area contributed by atoms with E-state index in [2.05, 4.69) is 10.0 Å². The van der Waals surface area contributed by atoms with E-state index >= 15 is 0 Å². The lowest BCUT2D eigenvalue weighted by molar-refractivity contribution is -0.116. The van der Waals surface area contributed by atoms with Crippen LogP contribution in [0, 0.1) is 0 Å². The highest BCUT2D eigenvalue weighted by Gasteiger charge is 2.14. The van der Waals surface area contributed by atoms with Crippen molar-refractivity contribution >= 4 is 21.6 Å². The number of ether oxygens (including phenoxy) is 1. The smallest absolute Gasteiger partial charge is 0.240 e. The zero-order valence-electron chi connectivity index (χ0n) is 16.4. The predicted octanol–water partition coefficient (Wildman–Crippen LogP) is 3.74. The molecule has 0 heterocycles. The van der Waals surface area contributed by atoms with Crippen LogP contribution in [0.15, 0.2) is 53.4 Å². The number of hydrogen-bond acceptors (Lipinski definition) is 4. The third kappa shape index (κ3) is 6.65. The van der Waals surface area contributed by atoms with Crippen LogP contribution >= 0.6 is 0 Å². The number of amides is 1. The Hall–Kier alpha value is -2.38. The molecule has 0 unspecified atom stereocenters. The maximum absolute atomic E-state index is 12.3. The van der Waals surface area contributed by atoms with Crippen LogP contribution in [0.25, 0.3) is 0 Å². The lowest BCUT2D eigenvalue weighted by Gasteiger charge is -2.11. The summed E-state index contributed by atoms with van der Waals surface area (Å²) in [6.45, 7) is 4.88. The molecule has 0 aromatic heterocycles. The van der Waals surface area contributed by atoms with Crippen molar-refractivity contribution in [1.82, 2.24) is 4.72 Å². The van der Waals surface area contributed by atoms with E-state index in [0.717, 1.165) is 24.2 Å². The molecule has 2 rings (SSSR count). The third-order valence-corrected chi connectivity index (χ3v) is 5.60. The minimum Gasteiger partial charge on any atom is -0.494 e. The van der Waals surface area contributed by atoms with E-state index in [9.17, 15) is 13.2 Å². The second-order valence-electron chi connectivity index (χ2n) is 6.37. The topological polar surface area (TPSA) is 84.5 Å². The summed E-state index contributed by atoms with van der Waals surface area (Å²) in [6.07, 6.45) is 2.50. The first-order valence-corrected chi connectivity index (χ1v) is 11.0. The van der Waals surface area contributed by atoms with Gasteiger partial charge in [-0.3, -0.25) is 4.79 Å². The maximum Gasteiger partial charge on any atom is 0.240 e. The molecular formula is C21H28N2O4S. The van der Waals surface area contributed by atoms with Crippen LogP contribution in [0.3, 0.4) is 0 Å². The van der Waals surface area contributed by atoms with Gasteiger partial charge in [0.2, 0.25) is 15.9 Å². The summed E-state index contributed by atoms with van der Waals surface area (Å²) in [5.41, 5.74) is 1.43. The minimum absolute atomic E-state index is 0.142. The Morgan fingerprint density at radius 2 is 1.86 bits per heavy atom. The first-order chi connectivity index (χ1) is 13.5. The second kappa shape index (κ2) is 10.8. The Morgan fingerprint density at radius 3 is 2.61 bits per heavy atom. The summed E-state index contributed by atoms with van der Waals surface area (Å²) >= 11 is 0. The van der Waals surface area contributed by atoms with Crippen molar-refractivity contribution in [1.29, 1.82) is 0 Å². The van der Waals surface area contributed by atoms with E-state index in [-0.39, 0.29) is 17.2 Å². The first-order valence-electron chi connectivity index (χ1n) is 9.56. The summed E-state index contributed by atoms with van der Waals surface area (Å²) in [5.74, 6) is 0.601. The highest BCUT2D eigenvalue weighted by Crippen LogP contribution is 2.20. The molecule has 0 saturated carbocycles. The lowest BCUT2D eigenvalue weighted by Crippen LogP contribution is -2.24. The molecule has 0 fully saturated rings.